The molecule has 39 heavy (non-hydrogen) atoms. The van der Waals surface area contributed by atoms with Crippen molar-refractivity contribution in [3.63, 3.8) is 0 Å². The van der Waals surface area contributed by atoms with Gasteiger partial charge < -0.3 is 19.9 Å². The van der Waals surface area contributed by atoms with Crippen molar-refractivity contribution in [3.8, 4) is 5.75 Å². The monoisotopic (exact) mass is 536 g/mol. The quantitative estimate of drug-likeness (QED) is 0.340. The van der Waals surface area contributed by atoms with Crippen molar-refractivity contribution in [1.82, 2.24) is 10.2 Å². The third-order valence-corrected chi connectivity index (χ3v) is 7.28. The highest BCUT2D eigenvalue weighted by Gasteiger charge is 2.47. The molecule has 0 aromatic heterocycles. The lowest BCUT2D eigenvalue weighted by atomic mass is 9.79. The molecule has 4 rings (SSSR count). The fourth-order valence-corrected chi connectivity index (χ4v) is 5.80. The Morgan fingerprint density at radius 1 is 1.00 bits per heavy atom. The third kappa shape index (κ3) is 6.86. The van der Waals surface area contributed by atoms with E-state index in [2.05, 4.69) is 39.9 Å². The smallest absolute Gasteiger partial charge is 0.338 e. The Balaban J connectivity index is 1.33. The molecule has 2 N–H and O–H groups in total. The van der Waals surface area contributed by atoms with E-state index in [1.165, 1.54) is 28.7 Å². The van der Waals surface area contributed by atoms with Gasteiger partial charge in [-0.2, -0.15) is 0 Å². The van der Waals surface area contributed by atoms with Crippen LogP contribution in [0.2, 0.25) is 0 Å². The predicted molar refractivity (Wildman–Crippen MR) is 148 cm³/mol. The van der Waals surface area contributed by atoms with Crippen LogP contribution in [0.25, 0.3) is 0 Å². The zero-order valence-electron chi connectivity index (χ0n) is 23.6. The van der Waals surface area contributed by atoms with Crippen LogP contribution in [0, 0.1) is 0 Å². The molecule has 0 aliphatic carbocycles. The number of benzene rings is 2. The topological polar surface area (TPSA) is 105 Å². The van der Waals surface area contributed by atoms with Gasteiger partial charge in [-0.15, -0.1) is 0 Å². The number of rotatable bonds is 10. The van der Waals surface area contributed by atoms with Gasteiger partial charge in [-0.3, -0.25) is 14.5 Å². The lowest BCUT2D eigenvalue weighted by molar-refractivity contribution is 0.0130. The van der Waals surface area contributed by atoms with Gasteiger partial charge in [0, 0.05) is 17.1 Å². The minimum atomic E-state index is -1.02. The van der Waals surface area contributed by atoms with E-state index in [1.54, 1.807) is 0 Å². The van der Waals surface area contributed by atoms with Crippen LogP contribution in [0.5, 0.6) is 5.75 Å². The van der Waals surface area contributed by atoms with E-state index in [9.17, 15) is 19.5 Å². The molecule has 2 aromatic carbocycles. The number of nitrogens with one attached hydrogen (secondary N) is 1. The Morgan fingerprint density at radius 2 is 1.64 bits per heavy atom. The van der Waals surface area contributed by atoms with Crippen molar-refractivity contribution in [3.05, 3.63) is 64.7 Å². The number of aliphatic hydroxyl groups is 1. The molecule has 2 aromatic rings. The van der Waals surface area contributed by atoms with Gasteiger partial charge in [0.25, 0.3) is 11.8 Å². The number of ether oxygens (including phenoxy) is 2. The largest absolute Gasteiger partial charge is 0.491 e. The van der Waals surface area contributed by atoms with E-state index in [0.717, 1.165) is 19.3 Å². The fraction of sp³-hybridized carbons (Fsp3) is 0.516. The maximum Gasteiger partial charge on any atom is 0.338 e. The van der Waals surface area contributed by atoms with Crippen LogP contribution >= 0.6 is 0 Å². The maximum absolute atomic E-state index is 13.3. The molecule has 1 saturated heterocycles. The number of nitrogens with zero attached hydrogens (tertiary/aromatic N) is 1. The zero-order chi connectivity index (χ0) is 28.4. The molecule has 210 valence electrons. The van der Waals surface area contributed by atoms with E-state index >= 15 is 0 Å². The van der Waals surface area contributed by atoms with E-state index in [-0.39, 0.29) is 47.4 Å². The van der Waals surface area contributed by atoms with Crippen molar-refractivity contribution in [2.45, 2.75) is 89.9 Å². The van der Waals surface area contributed by atoms with Crippen LogP contribution in [0.3, 0.4) is 0 Å². The molecule has 0 saturated carbocycles. The predicted octanol–water partition coefficient (Wildman–Crippen LogP) is 4.53. The summed E-state index contributed by atoms with van der Waals surface area (Å²) in [5, 5.41) is 13.8. The number of hydrogen-bond donors (Lipinski definition) is 2. The van der Waals surface area contributed by atoms with Crippen LogP contribution in [0.4, 0.5) is 0 Å². The van der Waals surface area contributed by atoms with Crippen LogP contribution < -0.4 is 10.1 Å². The van der Waals surface area contributed by atoms with Gasteiger partial charge in [0.1, 0.15) is 25.1 Å². The molecule has 0 bridgehead atoms. The Bertz CT molecular complexity index is 1200. The first-order chi connectivity index (χ1) is 18.4. The second-order valence-electron chi connectivity index (χ2n) is 12.0. The molecule has 8 nitrogen and oxygen atoms in total. The van der Waals surface area contributed by atoms with E-state index < -0.39 is 18.0 Å². The normalized spacial score (nSPS) is 19.1. The molecular weight excluding hydrogens is 496 g/mol. The first kappa shape index (κ1) is 28.8. The summed E-state index contributed by atoms with van der Waals surface area (Å²) >= 11 is 0. The average Bonchev–Trinajstić information content (AvgIpc) is 3.12. The number of hydrogen-bond acceptors (Lipinski definition) is 7. The number of amides is 2. The van der Waals surface area contributed by atoms with Gasteiger partial charge in [-0.1, -0.05) is 25.5 Å². The SMILES string of the molecule is CCCCc1ccc(OCC(O)COC(=O)c2ccc3c(c2)C(=O)N(C2CC(C)(C)NC(C)(C)C2)C3=O)cc1. The van der Waals surface area contributed by atoms with Gasteiger partial charge in [0.15, 0.2) is 0 Å². The molecule has 0 radical (unpaired) electrons. The molecule has 2 heterocycles. The molecule has 1 unspecified atom stereocenters. The molecule has 2 aliphatic heterocycles. The van der Waals surface area contributed by atoms with Crippen molar-refractivity contribution in [2.24, 2.45) is 0 Å². The Hall–Kier alpha value is -3.23. The van der Waals surface area contributed by atoms with E-state index in [4.69, 9.17) is 9.47 Å². The number of aryl methyl sites for hydroxylation is 1. The first-order valence-electron chi connectivity index (χ1n) is 13.8. The molecule has 0 spiro atoms. The van der Waals surface area contributed by atoms with Crippen LogP contribution in [-0.2, 0) is 11.2 Å². The van der Waals surface area contributed by atoms with Gasteiger partial charge in [-0.25, -0.2) is 4.79 Å². The lowest BCUT2D eigenvalue weighted by Gasteiger charge is -2.48. The fourth-order valence-electron chi connectivity index (χ4n) is 5.80. The average molecular weight is 537 g/mol. The number of piperidine rings is 1. The van der Waals surface area contributed by atoms with Crippen molar-refractivity contribution >= 4 is 17.8 Å². The Morgan fingerprint density at radius 3 is 2.28 bits per heavy atom. The highest BCUT2D eigenvalue weighted by Crippen LogP contribution is 2.36. The van der Waals surface area contributed by atoms with Crippen molar-refractivity contribution < 1.29 is 29.0 Å². The number of carbonyl (C=O) groups excluding carboxylic acids is 3. The number of carbonyl (C=O) groups is 3. The summed E-state index contributed by atoms with van der Waals surface area (Å²) < 4.78 is 10.9. The second kappa shape index (κ2) is 11.5. The summed E-state index contributed by atoms with van der Waals surface area (Å²) in [6.07, 6.45) is 3.54. The maximum atomic E-state index is 13.3. The third-order valence-electron chi connectivity index (χ3n) is 7.28. The highest BCUT2D eigenvalue weighted by molar-refractivity contribution is 6.22. The summed E-state index contributed by atoms with van der Waals surface area (Å²) in [6.45, 7) is 10.1. The highest BCUT2D eigenvalue weighted by atomic mass is 16.5. The van der Waals surface area contributed by atoms with Gasteiger partial charge in [0.05, 0.1) is 16.7 Å². The zero-order valence-corrected chi connectivity index (χ0v) is 23.6. The number of aliphatic hydroxyl groups excluding tert-OH is 1. The van der Waals surface area contributed by atoms with Crippen molar-refractivity contribution in [1.29, 1.82) is 0 Å². The van der Waals surface area contributed by atoms with Crippen LogP contribution in [0.15, 0.2) is 42.5 Å². The summed E-state index contributed by atoms with van der Waals surface area (Å²) in [6, 6.07) is 11.9. The molecule has 1 atom stereocenters. The number of esters is 1. The number of fused-ring (bicyclic) bond motifs is 1. The minimum absolute atomic E-state index is 0.0311. The summed E-state index contributed by atoms with van der Waals surface area (Å²) in [7, 11) is 0. The molecule has 2 amide bonds. The molecule has 1 fully saturated rings. The summed E-state index contributed by atoms with van der Waals surface area (Å²) in [4.78, 5) is 40.6. The summed E-state index contributed by atoms with van der Waals surface area (Å²) in [5.41, 5.74) is 1.41. The van der Waals surface area contributed by atoms with Gasteiger partial charge >= 0.3 is 5.97 Å². The summed E-state index contributed by atoms with van der Waals surface area (Å²) in [5.74, 6) is -0.774. The van der Waals surface area contributed by atoms with E-state index in [1.807, 2.05) is 24.3 Å². The molecule has 2 aliphatic rings. The Kier molecular flexibility index (Phi) is 8.47. The van der Waals surface area contributed by atoms with Gasteiger partial charge in [0.2, 0.25) is 0 Å². The Labute approximate surface area is 230 Å². The molecule has 8 heteroatoms. The lowest BCUT2D eigenvalue weighted by Crippen LogP contribution is -2.62. The second-order valence-corrected chi connectivity index (χ2v) is 12.0. The standard InChI is InChI=1S/C31H40N2O6/c1-6-7-8-20-9-12-24(13-10-20)38-18-23(34)19-39-29(37)21-11-14-25-26(15-21)28(36)33(27(25)35)22-16-30(2,3)32-31(4,5)17-22/h9-15,22-23,32,34H,6-8,16-19H2,1-5H3. The molecular formula is C31H40N2O6. The van der Waals surface area contributed by atoms with Crippen LogP contribution in [0.1, 0.15) is 96.9 Å². The van der Waals surface area contributed by atoms with Gasteiger partial charge in [-0.05, 0) is 89.3 Å². The van der Waals surface area contributed by atoms with E-state index in [0.29, 0.717) is 24.2 Å². The minimum Gasteiger partial charge on any atom is -0.491 e. The van der Waals surface area contributed by atoms with Crippen molar-refractivity contribution in [2.75, 3.05) is 13.2 Å². The first-order valence-corrected chi connectivity index (χ1v) is 13.8. The number of unbranched alkanes of at least 4 members (excludes halogenated alkanes) is 1. The number of imide groups is 1. The van der Waals surface area contributed by atoms with Crippen LogP contribution in [-0.4, -0.2) is 64.2 Å².